The van der Waals surface area contributed by atoms with Gasteiger partial charge in [0, 0.05) is 21.9 Å². The van der Waals surface area contributed by atoms with Crippen LogP contribution < -0.4 is 0 Å². The molecule has 1 aromatic carbocycles. The van der Waals surface area contributed by atoms with E-state index in [4.69, 9.17) is 16.1 Å². The van der Waals surface area contributed by atoms with Gasteiger partial charge in [0.25, 0.3) is 0 Å². The number of benzene rings is 1. The zero-order chi connectivity index (χ0) is 10.8. The summed E-state index contributed by atoms with van der Waals surface area (Å²) in [4.78, 5) is 0. The van der Waals surface area contributed by atoms with Crippen LogP contribution in [0.15, 0.2) is 33.3 Å². The van der Waals surface area contributed by atoms with Crippen LogP contribution in [-0.2, 0) is 5.75 Å². The first kappa shape index (κ1) is 11.0. The standard InChI is InChI=1S/C10H7BrClNOS/c11-6-1-2-8(9(12)3-6)10-4-7(5-15)13-14-10/h1-4,15H,5H2. The highest BCUT2D eigenvalue weighted by molar-refractivity contribution is 9.10. The molecule has 0 spiro atoms. The molecule has 0 aliphatic rings. The number of halogens is 2. The number of thiol groups is 1. The van der Waals surface area contributed by atoms with Gasteiger partial charge >= 0.3 is 0 Å². The van der Waals surface area contributed by atoms with E-state index in [1.54, 1.807) is 0 Å². The summed E-state index contributed by atoms with van der Waals surface area (Å²) in [5.41, 5.74) is 1.63. The van der Waals surface area contributed by atoms with Crippen LogP contribution >= 0.6 is 40.2 Å². The summed E-state index contributed by atoms with van der Waals surface area (Å²) in [7, 11) is 0. The molecule has 0 bridgehead atoms. The van der Waals surface area contributed by atoms with Gasteiger partial charge < -0.3 is 4.52 Å². The Labute approximate surface area is 106 Å². The van der Waals surface area contributed by atoms with Crippen LogP contribution in [0.1, 0.15) is 5.69 Å². The average molecular weight is 305 g/mol. The number of hydrogen-bond donors (Lipinski definition) is 1. The number of nitrogens with zero attached hydrogens (tertiary/aromatic N) is 1. The zero-order valence-electron chi connectivity index (χ0n) is 7.58. The lowest BCUT2D eigenvalue weighted by Gasteiger charge is -1.99. The molecule has 78 valence electrons. The molecule has 2 aromatic rings. The first-order valence-electron chi connectivity index (χ1n) is 4.22. The predicted octanol–water partition coefficient (Wildman–Crippen LogP) is 4.19. The Morgan fingerprint density at radius 3 is 2.80 bits per heavy atom. The Balaban J connectivity index is 2.44. The number of rotatable bonds is 2. The summed E-state index contributed by atoms with van der Waals surface area (Å²) in [6.45, 7) is 0. The maximum Gasteiger partial charge on any atom is 0.168 e. The summed E-state index contributed by atoms with van der Waals surface area (Å²) in [6.07, 6.45) is 0. The topological polar surface area (TPSA) is 26.0 Å². The highest BCUT2D eigenvalue weighted by atomic mass is 79.9. The molecule has 2 nitrogen and oxygen atoms in total. The maximum absolute atomic E-state index is 6.08. The molecular weight excluding hydrogens is 298 g/mol. The fourth-order valence-corrected chi connectivity index (χ4v) is 2.12. The fraction of sp³-hybridized carbons (Fsp3) is 0.100. The van der Waals surface area contributed by atoms with E-state index in [0.717, 1.165) is 15.7 Å². The molecule has 0 N–H and O–H groups in total. The lowest BCUT2D eigenvalue weighted by molar-refractivity contribution is 0.426. The van der Waals surface area contributed by atoms with Crippen molar-refractivity contribution in [3.8, 4) is 11.3 Å². The Morgan fingerprint density at radius 2 is 2.20 bits per heavy atom. The molecule has 0 atom stereocenters. The summed E-state index contributed by atoms with van der Waals surface area (Å²) >= 11 is 13.5. The third kappa shape index (κ3) is 2.38. The smallest absolute Gasteiger partial charge is 0.168 e. The average Bonchev–Trinajstić information content (AvgIpc) is 2.66. The van der Waals surface area contributed by atoms with Crippen LogP contribution in [0.3, 0.4) is 0 Å². The van der Waals surface area contributed by atoms with E-state index in [1.165, 1.54) is 0 Å². The van der Waals surface area contributed by atoms with Crippen LogP contribution in [0.2, 0.25) is 5.02 Å². The molecule has 1 heterocycles. The molecule has 0 amide bonds. The monoisotopic (exact) mass is 303 g/mol. The fourth-order valence-electron chi connectivity index (χ4n) is 1.20. The normalized spacial score (nSPS) is 10.6. The Hall–Kier alpha value is -0.450. The van der Waals surface area contributed by atoms with Crippen molar-refractivity contribution in [2.24, 2.45) is 0 Å². The van der Waals surface area contributed by atoms with E-state index in [-0.39, 0.29) is 0 Å². The van der Waals surface area contributed by atoms with Gasteiger partial charge in [0.05, 0.1) is 10.7 Å². The van der Waals surface area contributed by atoms with Crippen molar-refractivity contribution in [2.45, 2.75) is 5.75 Å². The van der Waals surface area contributed by atoms with Gasteiger partial charge in [0.1, 0.15) is 0 Å². The summed E-state index contributed by atoms with van der Waals surface area (Å²) in [5, 5.41) is 4.48. The highest BCUT2D eigenvalue weighted by Crippen LogP contribution is 2.30. The van der Waals surface area contributed by atoms with Crippen molar-refractivity contribution in [1.29, 1.82) is 0 Å². The van der Waals surface area contributed by atoms with Gasteiger partial charge in [-0.05, 0) is 18.2 Å². The Morgan fingerprint density at radius 1 is 1.40 bits per heavy atom. The van der Waals surface area contributed by atoms with Gasteiger partial charge in [-0.2, -0.15) is 12.6 Å². The predicted molar refractivity (Wildman–Crippen MR) is 67.3 cm³/mol. The van der Waals surface area contributed by atoms with Crippen LogP contribution in [0.4, 0.5) is 0 Å². The molecule has 0 fully saturated rings. The van der Waals surface area contributed by atoms with Crippen molar-refractivity contribution in [1.82, 2.24) is 5.16 Å². The molecule has 0 saturated carbocycles. The second-order valence-electron chi connectivity index (χ2n) is 2.96. The van der Waals surface area contributed by atoms with Crippen LogP contribution in [0.5, 0.6) is 0 Å². The third-order valence-electron chi connectivity index (χ3n) is 1.92. The summed E-state index contributed by atoms with van der Waals surface area (Å²) in [6, 6.07) is 7.45. The molecular formula is C10H7BrClNOS. The lowest BCUT2D eigenvalue weighted by atomic mass is 10.1. The molecule has 0 aliphatic carbocycles. The molecule has 2 rings (SSSR count). The SMILES string of the molecule is SCc1cc(-c2ccc(Br)cc2Cl)on1. The van der Waals surface area contributed by atoms with Crippen molar-refractivity contribution in [2.75, 3.05) is 0 Å². The van der Waals surface area contributed by atoms with Crippen LogP contribution in [0.25, 0.3) is 11.3 Å². The molecule has 0 radical (unpaired) electrons. The largest absolute Gasteiger partial charge is 0.356 e. The molecule has 15 heavy (non-hydrogen) atoms. The minimum atomic E-state index is 0.553. The van der Waals surface area contributed by atoms with Gasteiger partial charge in [-0.25, -0.2) is 0 Å². The van der Waals surface area contributed by atoms with Crippen molar-refractivity contribution < 1.29 is 4.52 Å². The highest BCUT2D eigenvalue weighted by Gasteiger charge is 2.09. The quantitative estimate of drug-likeness (QED) is 0.842. The van der Waals surface area contributed by atoms with Gasteiger partial charge in [0.2, 0.25) is 0 Å². The second kappa shape index (κ2) is 4.60. The molecule has 1 aromatic heterocycles. The minimum absolute atomic E-state index is 0.553. The van der Waals surface area contributed by atoms with Crippen molar-refractivity contribution >= 4 is 40.2 Å². The lowest BCUT2D eigenvalue weighted by Crippen LogP contribution is -1.76. The second-order valence-corrected chi connectivity index (χ2v) is 4.60. The maximum atomic E-state index is 6.08. The van der Waals surface area contributed by atoms with E-state index in [9.17, 15) is 0 Å². The molecule has 5 heteroatoms. The Bertz CT molecular complexity index is 486. The van der Waals surface area contributed by atoms with Crippen LogP contribution in [-0.4, -0.2) is 5.16 Å². The van der Waals surface area contributed by atoms with Crippen molar-refractivity contribution in [3.05, 3.63) is 39.5 Å². The minimum Gasteiger partial charge on any atom is -0.356 e. The van der Waals surface area contributed by atoms with Gasteiger partial charge in [0.15, 0.2) is 5.76 Å². The number of aromatic nitrogens is 1. The van der Waals surface area contributed by atoms with Crippen molar-refractivity contribution in [3.63, 3.8) is 0 Å². The molecule has 0 saturated heterocycles. The van der Waals surface area contributed by atoms with Gasteiger partial charge in [-0.3, -0.25) is 0 Å². The molecule has 0 aliphatic heterocycles. The van der Waals surface area contributed by atoms with Crippen LogP contribution in [0, 0.1) is 0 Å². The van der Waals surface area contributed by atoms with E-state index in [2.05, 4.69) is 33.7 Å². The summed E-state index contributed by atoms with van der Waals surface area (Å²) in [5.74, 6) is 1.22. The van der Waals surface area contributed by atoms with E-state index in [0.29, 0.717) is 16.5 Å². The van der Waals surface area contributed by atoms with Gasteiger partial charge in [-0.15, -0.1) is 0 Å². The van der Waals surface area contributed by atoms with Gasteiger partial charge in [-0.1, -0.05) is 32.7 Å². The summed E-state index contributed by atoms with van der Waals surface area (Å²) < 4.78 is 6.10. The first-order chi connectivity index (χ1) is 7.20. The number of hydrogen-bond acceptors (Lipinski definition) is 3. The van der Waals surface area contributed by atoms with E-state index in [1.807, 2.05) is 24.3 Å². The van der Waals surface area contributed by atoms with E-state index >= 15 is 0 Å². The zero-order valence-corrected chi connectivity index (χ0v) is 10.8. The first-order valence-corrected chi connectivity index (χ1v) is 6.03. The van der Waals surface area contributed by atoms with E-state index < -0.39 is 0 Å². The third-order valence-corrected chi connectivity index (χ3v) is 3.05. The Kier molecular flexibility index (Phi) is 3.38. The molecule has 0 unspecified atom stereocenters.